The van der Waals surface area contributed by atoms with Gasteiger partial charge in [0.15, 0.2) is 18.2 Å². The van der Waals surface area contributed by atoms with Gasteiger partial charge in [-0.1, -0.05) is 24.3 Å². The van der Waals surface area contributed by atoms with E-state index in [1.165, 1.54) is 18.2 Å². The van der Waals surface area contributed by atoms with Crippen molar-refractivity contribution < 1.29 is 28.3 Å². The Morgan fingerprint density at radius 2 is 1.46 bits per heavy atom. The van der Waals surface area contributed by atoms with Crippen LogP contribution in [0.1, 0.15) is 27.1 Å². The third-order valence-corrected chi connectivity index (χ3v) is 3.98. The lowest BCUT2D eigenvalue weighted by atomic mass is 10.1. The molecule has 9 heteroatoms. The largest absolute Gasteiger partial charge is 0.481 e. The molecule has 0 radical (unpaired) electrons. The molecule has 0 bridgehead atoms. The summed E-state index contributed by atoms with van der Waals surface area (Å²) in [4.78, 5) is 48.9. The Bertz CT molecular complexity index is 912. The Morgan fingerprint density at radius 1 is 0.893 bits per heavy atom. The summed E-state index contributed by atoms with van der Waals surface area (Å²) in [7, 11) is 0. The molecule has 0 aromatic heterocycles. The second-order valence-corrected chi connectivity index (χ2v) is 5.87. The summed E-state index contributed by atoms with van der Waals surface area (Å²) in [6, 6.07) is 12.0. The summed E-state index contributed by atoms with van der Waals surface area (Å²) < 4.78 is 18.4. The zero-order chi connectivity index (χ0) is 20.1. The van der Waals surface area contributed by atoms with E-state index >= 15 is 0 Å². The van der Waals surface area contributed by atoms with Crippen molar-refractivity contribution in [3.8, 4) is 5.75 Å². The second kappa shape index (κ2) is 8.30. The summed E-state index contributed by atoms with van der Waals surface area (Å²) in [6.45, 7) is -0.626. The van der Waals surface area contributed by atoms with Crippen molar-refractivity contribution in [1.82, 2.24) is 15.8 Å². The van der Waals surface area contributed by atoms with Crippen molar-refractivity contribution in [2.75, 3.05) is 13.2 Å². The Labute approximate surface area is 159 Å². The van der Waals surface area contributed by atoms with Gasteiger partial charge >= 0.3 is 0 Å². The van der Waals surface area contributed by atoms with Crippen molar-refractivity contribution >= 4 is 23.6 Å². The standard InChI is InChI=1S/C19H16FN3O5/c20-14-7-3-4-8-15(14)28-11-17(25)22-21-16(24)9-10-23-18(26)12-5-1-2-6-13(12)19(23)27/h1-8H,9-11H2,(H,21,24)(H,22,25). The highest BCUT2D eigenvalue weighted by molar-refractivity contribution is 6.21. The molecular weight excluding hydrogens is 369 g/mol. The fourth-order valence-corrected chi connectivity index (χ4v) is 2.60. The molecule has 2 aromatic carbocycles. The van der Waals surface area contributed by atoms with Gasteiger partial charge in [0.1, 0.15) is 0 Å². The first-order valence-corrected chi connectivity index (χ1v) is 8.37. The van der Waals surface area contributed by atoms with Crippen LogP contribution in [0, 0.1) is 5.82 Å². The van der Waals surface area contributed by atoms with Crippen LogP contribution in [-0.2, 0) is 9.59 Å². The monoisotopic (exact) mass is 385 g/mol. The van der Waals surface area contributed by atoms with Crippen LogP contribution in [0.2, 0.25) is 0 Å². The molecule has 0 saturated carbocycles. The molecule has 0 atom stereocenters. The van der Waals surface area contributed by atoms with Gasteiger partial charge in [-0.3, -0.25) is 34.9 Å². The van der Waals surface area contributed by atoms with Crippen LogP contribution in [-0.4, -0.2) is 41.7 Å². The van der Waals surface area contributed by atoms with E-state index in [1.54, 1.807) is 30.3 Å². The lowest BCUT2D eigenvalue weighted by molar-refractivity contribution is -0.130. The molecule has 2 N–H and O–H groups in total. The molecule has 28 heavy (non-hydrogen) atoms. The van der Waals surface area contributed by atoms with Gasteiger partial charge in [-0.15, -0.1) is 0 Å². The highest BCUT2D eigenvalue weighted by Crippen LogP contribution is 2.22. The van der Waals surface area contributed by atoms with E-state index in [0.29, 0.717) is 11.1 Å². The Morgan fingerprint density at radius 3 is 2.11 bits per heavy atom. The van der Waals surface area contributed by atoms with Gasteiger partial charge in [0, 0.05) is 13.0 Å². The van der Waals surface area contributed by atoms with Crippen LogP contribution in [0.15, 0.2) is 48.5 Å². The van der Waals surface area contributed by atoms with Crippen LogP contribution >= 0.6 is 0 Å². The zero-order valence-corrected chi connectivity index (χ0v) is 14.6. The van der Waals surface area contributed by atoms with E-state index in [9.17, 15) is 23.6 Å². The van der Waals surface area contributed by atoms with E-state index < -0.39 is 36.1 Å². The zero-order valence-electron chi connectivity index (χ0n) is 14.6. The summed E-state index contributed by atoms with van der Waals surface area (Å²) in [6.07, 6.45) is -0.195. The molecule has 1 heterocycles. The number of para-hydroxylation sites is 1. The third kappa shape index (κ3) is 4.14. The predicted octanol–water partition coefficient (Wildman–Crippen LogP) is 1.04. The SMILES string of the molecule is O=C(CCN1C(=O)c2ccccc2C1=O)NNC(=O)COc1ccccc1F. The summed E-state index contributed by atoms with van der Waals surface area (Å²) in [5.41, 5.74) is 4.85. The number of hydrogen-bond acceptors (Lipinski definition) is 5. The maximum atomic E-state index is 13.4. The number of benzene rings is 2. The predicted molar refractivity (Wildman–Crippen MR) is 94.6 cm³/mol. The molecule has 0 unspecified atom stereocenters. The van der Waals surface area contributed by atoms with Crippen molar-refractivity contribution in [2.24, 2.45) is 0 Å². The second-order valence-electron chi connectivity index (χ2n) is 5.87. The summed E-state index contributed by atoms with van der Waals surface area (Å²) in [5.74, 6) is -2.92. The van der Waals surface area contributed by atoms with Crippen LogP contribution in [0.25, 0.3) is 0 Å². The number of imide groups is 1. The molecule has 0 fully saturated rings. The highest BCUT2D eigenvalue weighted by Gasteiger charge is 2.34. The van der Waals surface area contributed by atoms with Crippen molar-refractivity contribution in [2.45, 2.75) is 6.42 Å². The molecule has 8 nitrogen and oxygen atoms in total. The number of carbonyl (C=O) groups excluding carboxylic acids is 4. The third-order valence-electron chi connectivity index (χ3n) is 3.98. The van der Waals surface area contributed by atoms with E-state index in [0.717, 1.165) is 4.90 Å². The van der Waals surface area contributed by atoms with Gasteiger partial charge in [0.2, 0.25) is 5.91 Å². The van der Waals surface area contributed by atoms with Gasteiger partial charge in [-0.05, 0) is 24.3 Å². The average molecular weight is 385 g/mol. The van der Waals surface area contributed by atoms with Gasteiger partial charge in [0.05, 0.1) is 11.1 Å². The van der Waals surface area contributed by atoms with E-state index in [1.807, 2.05) is 0 Å². The lowest BCUT2D eigenvalue weighted by Gasteiger charge is -2.14. The van der Waals surface area contributed by atoms with E-state index in [2.05, 4.69) is 10.9 Å². The molecule has 0 saturated heterocycles. The number of halogens is 1. The number of ether oxygens (including phenoxy) is 1. The van der Waals surface area contributed by atoms with Crippen molar-refractivity contribution in [1.29, 1.82) is 0 Å². The number of nitrogens with zero attached hydrogens (tertiary/aromatic N) is 1. The molecule has 0 aliphatic carbocycles. The highest BCUT2D eigenvalue weighted by atomic mass is 19.1. The summed E-state index contributed by atoms with van der Waals surface area (Å²) in [5, 5.41) is 0. The van der Waals surface area contributed by atoms with Crippen LogP contribution < -0.4 is 15.6 Å². The molecule has 3 rings (SSSR count). The molecule has 0 spiro atoms. The van der Waals surface area contributed by atoms with Crippen molar-refractivity contribution in [3.05, 3.63) is 65.5 Å². The molecule has 1 aliphatic heterocycles. The number of rotatable bonds is 6. The number of amides is 4. The van der Waals surface area contributed by atoms with Gasteiger partial charge in [0.25, 0.3) is 17.7 Å². The first-order valence-electron chi connectivity index (χ1n) is 8.37. The Kier molecular flexibility index (Phi) is 5.64. The van der Waals surface area contributed by atoms with Crippen LogP contribution in [0.5, 0.6) is 5.75 Å². The quantitative estimate of drug-likeness (QED) is 0.571. The minimum Gasteiger partial charge on any atom is -0.481 e. The molecule has 2 aromatic rings. The fourth-order valence-electron chi connectivity index (χ4n) is 2.60. The minimum atomic E-state index is -0.697. The molecule has 144 valence electrons. The van der Waals surface area contributed by atoms with E-state index in [4.69, 9.17) is 4.74 Å². The number of fused-ring (bicyclic) bond motifs is 1. The van der Waals surface area contributed by atoms with Gasteiger partial charge in [-0.25, -0.2) is 4.39 Å². The van der Waals surface area contributed by atoms with Gasteiger partial charge < -0.3 is 4.74 Å². The molecule has 1 aliphatic rings. The fraction of sp³-hybridized carbons (Fsp3) is 0.158. The maximum absolute atomic E-state index is 13.4. The minimum absolute atomic E-state index is 0.0883. The molecule has 4 amide bonds. The van der Waals surface area contributed by atoms with Crippen LogP contribution in [0.3, 0.4) is 0 Å². The van der Waals surface area contributed by atoms with Crippen LogP contribution in [0.4, 0.5) is 4.39 Å². The normalized spacial score (nSPS) is 12.5. The number of hydrazine groups is 1. The van der Waals surface area contributed by atoms with E-state index in [-0.39, 0.29) is 18.7 Å². The van der Waals surface area contributed by atoms with Crippen molar-refractivity contribution in [3.63, 3.8) is 0 Å². The number of carbonyl (C=O) groups is 4. The number of nitrogens with one attached hydrogen (secondary N) is 2. The van der Waals surface area contributed by atoms with Gasteiger partial charge in [-0.2, -0.15) is 0 Å². The topological polar surface area (TPSA) is 105 Å². The number of hydrogen-bond donors (Lipinski definition) is 2. The Hall–Kier alpha value is -3.75. The summed E-state index contributed by atoms with van der Waals surface area (Å²) >= 11 is 0. The average Bonchev–Trinajstić information content (AvgIpc) is 2.94. The molecular formula is C19H16FN3O5. The Balaban J connectivity index is 1.42. The first kappa shape index (κ1) is 19.0. The first-order chi connectivity index (χ1) is 13.5. The lowest BCUT2D eigenvalue weighted by Crippen LogP contribution is -2.45. The smallest absolute Gasteiger partial charge is 0.276 e. The maximum Gasteiger partial charge on any atom is 0.276 e.